The number of halogens is 4. The molecule has 0 aliphatic rings. The summed E-state index contributed by atoms with van der Waals surface area (Å²) in [4.78, 5) is 16.8. The van der Waals surface area contributed by atoms with Crippen LogP contribution in [-0.4, -0.2) is 23.1 Å². The average molecular weight is 564 g/mol. The van der Waals surface area contributed by atoms with Crippen molar-refractivity contribution in [2.24, 2.45) is 5.41 Å². The van der Waals surface area contributed by atoms with Gasteiger partial charge in [0, 0.05) is 10.9 Å². The number of rotatable bonds is 5. The number of ether oxygens (including phenoxy) is 2. The van der Waals surface area contributed by atoms with E-state index in [2.05, 4.69) is 4.98 Å². The van der Waals surface area contributed by atoms with E-state index in [0.717, 1.165) is 16.7 Å². The molecule has 1 aromatic carbocycles. The maximum Gasteiger partial charge on any atom is 0.432 e. The predicted molar refractivity (Wildman–Crippen MR) is 124 cm³/mol. The minimum atomic E-state index is -4.63. The second-order valence-corrected chi connectivity index (χ2v) is 9.83. The molecule has 5 nitrogen and oxygen atoms in total. The number of thiazole rings is 1. The number of hydrogen-bond donors (Lipinski definition) is 0. The van der Waals surface area contributed by atoms with Crippen molar-refractivity contribution >= 4 is 51.0 Å². The van der Waals surface area contributed by atoms with E-state index in [1.54, 1.807) is 54.0 Å². The van der Waals surface area contributed by atoms with Crippen molar-refractivity contribution < 1.29 is 22.6 Å². The third-order valence-corrected chi connectivity index (χ3v) is 5.97. The summed E-state index contributed by atoms with van der Waals surface area (Å²) in [5, 5.41) is 0.897. The van der Waals surface area contributed by atoms with Gasteiger partial charge in [0.05, 0.1) is 19.4 Å². The molecule has 0 saturated carbocycles. The minimum absolute atomic E-state index is 0.0211. The van der Waals surface area contributed by atoms with Gasteiger partial charge in [-0.3, -0.25) is 4.79 Å². The molecule has 0 N–H and O–H groups in total. The van der Waals surface area contributed by atoms with E-state index in [0.29, 0.717) is 28.1 Å². The molecule has 2 heterocycles. The highest BCUT2D eigenvalue weighted by molar-refractivity contribution is 14.1. The van der Waals surface area contributed by atoms with Crippen molar-refractivity contribution in [2.45, 2.75) is 26.9 Å². The Morgan fingerprint density at radius 1 is 1.23 bits per heavy atom. The van der Waals surface area contributed by atoms with E-state index in [1.165, 1.54) is 0 Å². The Balaban J connectivity index is 2.04. The van der Waals surface area contributed by atoms with Crippen LogP contribution >= 0.6 is 33.9 Å². The second-order valence-electron chi connectivity index (χ2n) is 7.91. The molecule has 31 heavy (non-hydrogen) atoms. The highest BCUT2D eigenvalue weighted by atomic mass is 127. The van der Waals surface area contributed by atoms with Gasteiger partial charge in [0.1, 0.15) is 9.26 Å². The van der Waals surface area contributed by atoms with Crippen LogP contribution in [-0.2, 0) is 6.18 Å². The van der Waals surface area contributed by atoms with E-state index < -0.39 is 17.4 Å². The summed E-state index contributed by atoms with van der Waals surface area (Å²) in [7, 11) is 1.54. The van der Waals surface area contributed by atoms with Crippen molar-refractivity contribution in [3.63, 3.8) is 0 Å². The van der Waals surface area contributed by atoms with Crippen molar-refractivity contribution in [1.29, 1.82) is 0 Å². The topological polar surface area (TPSA) is 52.8 Å². The predicted octanol–water partition coefficient (Wildman–Crippen LogP) is 5.98. The lowest BCUT2D eigenvalue weighted by molar-refractivity contribution is -0.141. The van der Waals surface area contributed by atoms with E-state index in [9.17, 15) is 18.0 Å². The van der Waals surface area contributed by atoms with Crippen molar-refractivity contribution in [2.75, 3.05) is 13.7 Å². The van der Waals surface area contributed by atoms with Crippen LogP contribution in [0.1, 0.15) is 37.7 Å². The normalized spacial score (nSPS) is 12.6. The molecule has 10 heteroatoms. The van der Waals surface area contributed by atoms with Crippen LogP contribution in [0.2, 0.25) is 0 Å². The molecule has 3 rings (SSSR count). The number of para-hydroxylation sites is 1. The molecule has 0 bridgehead atoms. The lowest BCUT2D eigenvalue weighted by Gasteiger charge is -2.21. The molecule has 3 aromatic rings. The van der Waals surface area contributed by atoms with Crippen LogP contribution < -0.4 is 15.0 Å². The van der Waals surface area contributed by atoms with E-state index in [4.69, 9.17) is 9.47 Å². The largest absolute Gasteiger partial charge is 0.493 e. The molecular formula is C21H20F3IN2O3S. The maximum absolute atomic E-state index is 13.2. The minimum Gasteiger partial charge on any atom is -0.493 e. The van der Waals surface area contributed by atoms with Crippen LogP contribution in [0.4, 0.5) is 13.2 Å². The molecular weight excluding hydrogens is 544 g/mol. The number of benzene rings is 1. The van der Waals surface area contributed by atoms with Gasteiger partial charge in [-0.25, -0.2) is 9.38 Å². The van der Waals surface area contributed by atoms with Crippen molar-refractivity contribution in [1.82, 2.24) is 9.38 Å². The van der Waals surface area contributed by atoms with Gasteiger partial charge >= 0.3 is 6.18 Å². The maximum atomic E-state index is 13.2. The fourth-order valence-electron chi connectivity index (χ4n) is 2.69. The summed E-state index contributed by atoms with van der Waals surface area (Å²) in [5.74, 6) is 1.09. The first-order valence-electron chi connectivity index (χ1n) is 9.17. The molecule has 0 aliphatic carbocycles. The van der Waals surface area contributed by atoms with E-state index in [-0.39, 0.29) is 19.6 Å². The van der Waals surface area contributed by atoms with Gasteiger partial charge in [0.15, 0.2) is 16.5 Å². The quantitative estimate of drug-likeness (QED) is 0.358. The number of nitrogens with zero attached hydrogens (tertiary/aromatic N) is 2. The Morgan fingerprint density at radius 2 is 1.94 bits per heavy atom. The van der Waals surface area contributed by atoms with Gasteiger partial charge in [-0.2, -0.15) is 13.2 Å². The second kappa shape index (κ2) is 8.81. The van der Waals surface area contributed by atoms with Crippen LogP contribution in [0.5, 0.6) is 11.5 Å². The lowest BCUT2D eigenvalue weighted by atomic mass is 9.98. The molecule has 0 radical (unpaired) electrons. The Morgan fingerprint density at radius 3 is 2.55 bits per heavy atom. The molecule has 0 spiro atoms. The highest BCUT2D eigenvalue weighted by Gasteiger charge is 2.35. The zero-order chi connectivity index (χ0) is 23.0. The molecule has 0 fully saturated rings. The average Bonchev–Trinajstić information content (AvgIpc) is 3.12. The third kappa shape index (κ3) is 5.22. The van der Waals surface area contributed by atoms with Gasteiger partial charge < -0.3 is 9.47 Å². The fourth-order valence-corrected chi connectivity index (χ4v) is 4.13. The molecule has 0 saturated heterocycles. The number of fused-ring (bicyclic) bond motifs is 1. The van der Waals surface area contributed by atoms with Crippen LogP contribution in [0.25, 0.3) is 17.1 Å². The molecule has 2 aromatic heterocycles. The number of alkyl halides is 3. The number of hydrogen-bond acceptors (Lipinski definition) is 5. The molecule has 166 valence electrons. The summed E-state index contributed by atoms with van der Waals surface area (Å²) in [5.41, 5.74) is -0.875. The first-order chi connectivity index (χ1) is 14.4. The summed E-state index contributed by atoms with van der Waals surface area (Å²) in [6.45, 7) is 6.59. The Kier molecular flexibility index (Phi) is 6.70. The smallest absolute Gasteiger partial charge is 0.432 e. The zero-order valence-electron chi connectivity index (χ0n) is 17.2. The standard InChI is InChI=1S/C21H20F3IN2O3S/c1-20(2,3)11-30-17-12(6-5-7-14(17)29-4)8-9-13-16(25)18(28)27-15(21(22,23)24)10-31-19(27)26-13/h5-10H,11H2,1-4H3/b9-8+. The van der Waals surface area contributed by atoms with Gasteiger partial charge in [0.25, 0.3) is 5.56 Å². The van der Waals surface area contributed by atoms with E-state index in [1.807, 2.05) is 26.8 Å². The summed E-state index contributed by atoms with van der Waals surface area (Å²) in [6, 6.07) is 5.40. The van der Waals surface area contributed by atoms with E-state index >= 15 is 0 Å². The molecule has 0 atom stereocenters. The van der Waals surface area contributed by atoms with Gasteiger partial charge in [-0.1, -0.05) is 32.9 Å². The molecule has 0 unspecified atom stereocenters. The van der Waals surface area contributed by atoms with Crippen LogP contribution in [0, 0.1) is 8.99 Å². The van der Waals surface area contributed by atoms with Crippen molar-refractivity contribution in [3.8, 4) is 11.5 Å². The first-order valence-corrected chi connectivity index (χ1v) is 11.1. The van der Waals surface area contributed by atoms with Gasteiger partial charge in [-0.05, 0) is 46.2 Å². The lowest BCUT2D eigenvalue weighted by Crippen LogP contribution is -2.23. The van der Waals surface area contributed by atoms with Crippen molar-refractivity contribution in [3.05, 3.63) is 54.5 Å². The number of methoxy groups -OCH3 is 1. The Hall–Kier alpha value is -2.08. The Bertz CT molecular complexity index is 1190. The van der Waals surface area contributed by atoms with Crippen LogP contribution in [0.3, 0.4) is 0 Å². The third-order valence-electron chi connectivity index (χ3n) is 4.13. The monoisotopic (exact) mass is 564 g/mol. The fraction of sp³-hybridized carbons (Fsp3) is 0.333. The van der Waals surface area contributed by atoms with Crippen LogP contribution in [0.15, 0.2) is 28.4 Å². The van der Waals surface area contributed by atoms with Gasteiger partial charge in [-0.15, -0.1) is 11.3 Å². The molecule has 0 aliphatic heterocycles. The highest BCUT2D eigenvalue weighted by Crippen LogP contribution is 2.34. The SMILES string of the molecule is COc1cccc(/C=C/c2nc3scc(C(F)(F)F)n3c(=O)c2I)c1OCC(C)(C)C. The first kappa shape index (κ1) is 23.6. The summed E-state index contributed by atoms with van der Waals surface area (Å²) < 4.78 is 51.6. The van der Waals surface area contributed by atoms with Gasteiger partial charge in [0.2, 0.25) is 0 Å². The summed E-state index contributed by atoms with van der Waals surface area (Å²) in [6.07, 6.45) is -1.34. The summed E-state index contributed by atoms with van der Waals surface area (Å²) >= 11 is 2.49. The zero-order valence-corrected chi connectivity index (χ0v) is 20.2. The molecule has 0 amide bonds. The Labute approximate surface area is 194 Å². The number of aromatic nitrogens is 2.